The second kappa shape index (κ2) is 7.79. The van der Waals surface area contributed by atoms with E-state index in [1.807, 2.05) is 31.2 Å². The summed E-state index contributed by atoms with van der Waals surface area (Å²) in [6.45, 7) is 1.85. The zero-order valence-electron chi connectivity index (χ0n) is 16.4. The first-order chi connectivity index (χ1) is 14.7. The van der Waals surface area contributed by atoms with Gasteiger partial charge in [0.1, 0.15) is 0 Å². The van der Waals surface area contributed by atoms with Crippen LogP contribution in [0.2, 0.25) is 0 Å². The first-order valence-electron chi connectivity index (χ1n) is 9.45. The first kappa shape index (κ1) is 20.5. The molecule has 4 rings (SSSR count). The average molecular weight is 425 g/mol. The molecule has 0 aliphatic rings. The molecule has 0 radical (unpaired) electrons. The predicted octanol–water partition coefficient (Wildman–Crippen LogP) is 5.85. The van der Waals surface area contributed by atoms with E-state index in [2.05, 4.69) is 10.3 Å². The average Bonchev–Trinajstić information content (AvgIpc) is 3.05. The fraction of sp³-hybridized carbons (Fsp3) is 0.130. The van der Waals surface area contributed by atoms with Gasteiger partial charge in [-0.3, -0.25) is 0 Å². The number of halogens is 3. The van der Waals surface area contributed by atoms with Crippen molar-refractivity contribution in [2.75, 3.05) is 5.32 Å². The second-order valence-electron chi connectivity index (χ2n) is 7.18. The molecule has 0 bridgehead atoms. The number of hydrogen-bond donors (Lipinski definition) is 2. The lowest BCUT2D eigenvalue weighted by atomic mass is 10.1. The van der Waals surface area contributed by atoms with Crippen molar-refractivity contribution in [3.63, 3.8) is 0 Å². The van der Waals surface area contributed by atoms with Crippen LogP contribution in [0.5, 0.6) is 0 Å². The fourth-order valence-corrected chi connectivity index (χ4v) is 3.39. The van der Waals surface area contributed by atoms with E-state index in [1.54, 1.807) is 16.7 Å². The van der Waals surface area contributed by atoms with E-state index in [4.69, 9.17) is 0 Å². The van der Waals surface area contributed by atoms with E-state index in [9.17, 15) is 23.1 Å². The van der Waals surface area contributed by atoms with Gasteiger partial charge in [0, 0.05) is 5.69 Å². The van der Waals surface area contributed by atoms with Crippen molar-refractivity contribution in [1.29, 1.82) is 0 Å². The number of aryl methyl sites for hydroxylation is 1. The number of benzene rings is 3. The normalized spacial score (nSPS) is 11.6. The Labute approximate surface area is 175 Å². The van der Waals surface area contributed by atoms with E-state index in [0.29, 0.717) is 22.7 Å². The van der Waals surface area contributed by atoms with Gasteiger partial charge in [0.05, 0.1) is 28.7 Å². The van der Waals surface area contributed by atoms with Crippen molar-refractivity contribution in [1.82, 2.24) is 9.55 Å². The van der Waals surface area contributed by atoms with Crippen LogP contribution in [-0.4, -0.2) is 20.6 Å². The number of rotatable bonds is 5. The molecule has 1 aromatic heterocycles. The molecule has 0 fully saturated rings. The lowest BCUT2D eigenvalue weighted by Gasteiger charge is -2.16. The van der Waals surface area contributed by atoms with Gasteiger partial charge >= 0.3 is 12.1 Å². The molecule has 31 heavy (non-hydrogen) atoms. The number of nitrogens with zero attached hydrogens (tertiary/aromatic N) is 2. The monoisotopic (exact) mass is 425 g/mol. The number of aromatic nitrogens is 2. The molecule has 158 valence electrons. The Hall–Kier alpha value is -3.81. The SMILES string of the molecule is Cc1ccc(Nc2nc3cc(C(=O)O)ccc3n2Cc2ccccc2C(F)(F)F)cc1. The highest BCUT2D eigenvalue weighted by molar-refractivity contribution is 5.93. The van der Waals surface area contributed by atoms with Crippen molar-refractivity contribution in [3.05, 3.63) is 89.0 Å². The Morgan fingerprint density at radius 1 is 1.06 bits per heavy atom. The van der Waals surface area contributed by atoms with Gasteiger partial charge in [-0.15, -0.1) is 0 Å². The van der Waals surface area contributed by atoms with Gasteiger partial charge in [-0.25, -0.2) is 9.78 Å². The molecule has 3 aromatic carbocycles. The third kappa shape index (κ3) is 4.23. The number of carboxylic acids is 1. The molecule has 0 spiro atoms. The highest BCUT2D eigenvalue weighted by Crippen LogP contribution is 2.33. The molecular formula is C23H18F3N3O2. The quantitative estimate of drug-likeness (QED) is 0.421. The summed E-state index contributed by atoms with van der Waals surface area (Å²) in [5.74, 6) is -0.787. The fourth-order valence-electron chi connectivity index (χ4n) is 3.39. The van der Waals surface area contributed by atoms with E-state index in [1.165, 1.54) is 24.3 Å². The summed E-state index contributed by atoms with van der Waals surface area (Å²) in [4.78, 5) is 15.8. The zero-order chi connectivity index (χ0) is 22.2. The van der Waals surface area contributed by atoms with E-state index < -0.39 is 17.7 Å². The lowest BCUT2D eigenvalue weighted by molar-refractivity contribution is -0.138. The summed E-state index contributed by atoms with van der Waals surface area (Å²) >= 11 is 0. The van der Waals surface area contributed by atoms with Crippen molar-refractivity contribution in [3.8, 4) is 0 Å². The summed E-state index contributed by atoms with van der Waals surface area (Å²) in [5.41, 5.74) is 2.09. The van der Waals surface area contributed by atoms with E-state index in [-0.39, 0.29) is 17.7 Å². The number of fused-ring (bicyclic) bond motifs is 1. The molecular weight excluding hydrogens is 407 g/mol. The van der Waals surface area contributed by atoms with E-state index in [0.717, 1.165) is 11.6 Å². The Balaban J connectivity index is 1.84. The van der Waals surface area contributed by atoms with Crippen LogP contribution in [0.3, 0.4) is 0 Å². The van der Waals surface area contributed by atoms with Crippen LogP contribution in [-0.2, 0) is 12.7 Å². The molecule has 4 aromatic rings. The Morgan fingerprint density at radius 3 is 2.45 bits per heavy atom. The van der Waals surface area contributed by atoms with Crippen LogP contribution in [0.15, 0.2) is 66.7 Å². The minimum atomic E-state index is -4.49. The topological polar surface area (TPSA) is 67.2 Å². The number of alkyl halides is 3. The molecule has 8 heteroatoms. The van der Waals surface area contributed by atoms with Gasteiger partial charge in [0.25, 0.3) is 0 Å². The van der Waals surface area contributed by atoms with Crippen LogP contribution in [0.1, 0.15) is 27.0 Å². The number of carbonyl (C=O) groups is 1. The Kier molecular flexibility index (Phi) is 5.14. The highest BCUT2D eigenvalue weighted by Gasteiger charge is 2.33. The van der Waals surface area contributed by atoms with E-state index >= 15 is 0 Å². The van der Waals surface area contributed by atoms with Crippen molar-refractivity contribution >= 4 is 28.6 Å². The number of anilines is 2. The van der Waals surface area contributed by atoms with Crippen molar-refractivity contribution in [2.45, 2.75) is 19.6 Å². The number of carboxylic acid groups (broad SMARTS) is 1. The van der Waals surface area contributed by atoms with Crippen LogP contribution >= 0.6 is 0 Å². The molecule has 0 aliphatic carbocycles. The molecule has 0 amide bonds. The predicted molar refractivity (Wildman–Crippen MR) is 112 cm³/mol. The van der Waals surface area contributed by atoms with Crippen LogP contribution in [0.4, 0.5) is 24.8 Å². The second-order valence-corrected chi connectivity index (χ2v) is 7.18. The van der Waals surface area contributed by atoms with Crippen LogP contribution in [0.25, 0.3) is 11.0 Å². The minimum Gasteiger partial charge on any atom is -0.478 e. The minimum absolute atomic E-state index is 0.0507. The molecule has 5 nitrogen and oxygen atoms in total. The van der Waals surface area contributed by atoms with Crippen LogP contribution < -0.4 is 5.32 Å². The van der Waals surface area contributed by atoms with Gasteiger partial charge in [-0.2, -0.15) is 13.2 Å². The molecule has 0 saturated heterocycles. The molecule has 0 aliphatic heterocycles. The highest BCUT2D eigenvalue weighted by atomic mass is 19.4. The summed E-state index contributed by atoms with van der Waals surface area (Å²) in [7, 11) is 0. The molecule has 0 unspecified atom stereocenters. The summed E-state index contributed by atoms with van der Waals surface area (Å²) in [6, 6.07) is 17.2. The number of nitrogens with one attached hydrogen (secondary N) is 1. The summed E-state index contributed by atoms with van der Waals surface area (Å²) in [6.07, 6.45) is -4.49. The molecule has 0 atom stereocenters. The lowest BCUT2D eigenvalue weighted by Crippen LogP contribution is -2.12. The van der Waals surface area contributed by atoms with Gasteiger partial charge < -0.3 is 15.0 Å². The number of hydrogen-bond acceptors (Lipinski definition) is 3. The standard InChI is InChI=1S/C23H18F3N3O2/c1-14-6-9-17(10-7-14)27-22-28-19-12-15(21(30)31)8-11-20(19)29(22)13-16-4-2-3-5-18(16)23(24,25)26/h2-12H,13H2,1H3,(H,27,28)(H,30,31). The van der Waals surface area contributed by atoms with Gasteiger partial charge in [-0.05, 0) is 48.9 Å². The van der Waals surface area contributed by atoms with Crippen molar-refractivity contribution < 1.29 is 23.1 Å². The molecule has 1 heterocycles. The van der Waals surface area contributed by atoms with Crippen molar-refractivity contribution in [2.24, 2.45) is 0 Å². The van der Waals surface area contributed by atoms with Gasteiger partial charge in [0.2, 0.25) is 5.95 Å². The number of imidazole rings is 1. The third-order valence-corrected chi connectivity index (χ3v) is 4.95. The Morgan fingerprint density at radius 2 is 1.77 bits per heavy atom. The first-order valence-corrected chi connectivity index (χ1v) is 9.45. The number of aromatic carboxylic acids is 1. The smallest absolute Gasteiger partial charge is 0.416 e. The largest absolute Gasteiger partial charge is 0.478 e. The summed E-state index contributed by atoms with van der Waals surface area (Å²) in [5, 5.41) is 12.4. The third-order valence-electron chi connectivity index (χ3n) is 4.95. The Bertz CT molecular complexity index is 1260. The maximum absolute atomic E-state index is 13.5. The van der Waals surface area contributed by atoms with Gasteiger partial charge in [0.15, 0.2) is 0 Å². The maximum atomic E-state index is 13.5. The summed E-state index contributed by atoms with van der Waals surface area (Å²) < 4.78 is 42.2. The van der Waals surface area contributed by atoms with Gasteiger partial charge in [-0.1, -0.05) is 35.9 Å². The zero-order valence-corrected chi connectivity index (χ0v) is 16.4. The molecule has 2 N–H and O–H groups in total. The van der Waals surface area contributed by atoms with Crippen LogP contribution in [0, 0.1) is 6.92 Å². The maximum Gasteiger partial charge on any atom is 0.416 e. The molecule has 0 saturated carbocycles.